The Labute approximate surface area is 133 Å². The number of amides is 1. The molecule has 4 heteroatoms. The van der Waals surface area contributed by atoms with Crippen LogP contribution in [0.15, 0.2) is 12.1 Å². The number of carbonyl (C=O) groups is 1. The Morgan fingerprint density at radius 3 is 2.82 bits per heavy atom. The smallest absolute Gasteiger partial charge is 0.217 e. The minimum atomic E-state index is 0.0349. The maximum Gasteiger partial charge on any atom is 0.217 e. The van der Waals surface area contributed by atoms with E-state index in [0.29, 0.717) is 11.7 Å². The molecule has 1 fully saturated rings. The average molecular weight is 304 g/mol. The van der Waals surface area contributed by atoms with Gasteiger partial charge in [0.2, 0.25) is 5.91 Å². The molecule has 1 aromatic carbocycles. The van der Waals surface area contributed by atoms with Gasteiger partial charge in [0.25, 0.3) is 0 Å². The van der Waals surface area contributed by atoms with E-state index < -0.39 is 0 Å². The van der Waals surface area contributed by atoms with Crippen LogP contribution in [0.2, 0.25) is 0 Å². The molecule has 0 radical (unpaired) electrons. The van der Waals surface area contributed by atoms with Crippen molar-refractivity contribution in [2.75, 3.05) is 13.1 Å². The van der Waals surface area contributed by atoms with E-state index in [1.54, 1.807) is 6.92 Å². The van der Waals surface area contributed by atoms with Crippen LogP contribution in [-0.2, 0) is 11.3 Å². The van der Waals surface area contributed by atoms with E-state index in [1.807, 2.05) is 6.07 Å². The Morgan fingerprint density at radius 1 is 1.45 bits per heavy atom. The van der Waals surface area contributed by atoms with E-state index in [2.05, 4.69) is 37.1 Å². The SMILES string of the molecule is CC(=O)N[C@@H]1CCCN(Cc2c(C)ccc(C(C)C)c2O)C1. The molecule has 0 spiro atoms. The molecule has 22 heavy (non-hydrogen) atoms. The molecule has 1 aromatic rings. The molecule has 2 rings (SSSR count). The third-order valence-corrected chi connectivity index (χ3v) is 4.46. The number of aromatic hydroxyl groups is 1. The molecule has 1 amide bonds. The molecule has 1 atom stereocenters. The first-order chi connectivity index (χ1) is 10.4. The van der Waals surface area contributed by atoms with Crippen molar-refractivity contribution >= 4 is 5.91 Å². The van der Waals surface area contributed by atoms with Gasteiger partial charge in [0.15, 0.2) is 0 Å². The van der Waals surface area contributed by atoms with Crippen LogP contribution in [0.3, 0.4) is 0 Å². The highest BCUT2D eigenvalue weighted by atomic mass is 16.3. The molecule has 2 N–H and O–H groups in total. The van der Waals surface area contributed by atoms with Gasteiger partial charge >= 0.3 is 0 Å². The highest BCUT2D eigenvalue weighted by Crippen LogP contribution is 2.32. The van der Waals surface area contributed by atoms with Crippen molar-refractivity contribution in [3.8, 4) is 5.75 Å². The van der Waals surface area contributed by atoms with Crippen LogP contribution in [0, 0.1) is 6.92 Å². The minimum absolute atomic E-state index is 0.0349. The molecule has 122 valence electrons. The maximum atomic E-state index is 11.2. The monoisotopic (exact) mass is 304 g/mol. The normalized spacial score (nSPS) is 19.4. The Kier molecular flexibility index (Phi) is 5.46. The summed E-state index contributed by atoms with van der Waals surface area (Å²) in [5.41, 5.74) is 3.16. The van der Waals surface area contributed by atoms with Gasteiger partial charge < -0.3 is 10.4 Å². The van der Waals surface area contributed by atoms with Gasteiger partial charge in [0.05, 0.1) is 0 Å². The summed E-state index contributed by atoms with van der Waals surface area (Å²) >= 11 is 0. The summed E-state index contributed by atoms with van der Waals surface area (Å²) in [6, 6.07) is 4.34. The number of rotatable bonds is 4. The van der Waals surface area contributed by atoms with Gasteiger partial charge in [-0.15, -0.1) is 0 Å². The number of piperidine rings is 1. The third kappa shape index (κ3) is 4.01. The zero-order valence-electron chi connectivity index (χ0n) is 14.1. The number of phenols is 1. The summed E-state index contributed by atoms with van der Waals surface area (Å²) in [6.45, 7) is 10.4. The molecular formula is C18H28N2O2. The summed E-state index contributed by atoms with van der Waals surface area (Å²) in [5.74, 6) is 0.789. The van der Waals surface area contributed by atoms with Crippen molar-refractivity contribution in [3.63, 3.8) is 0 Å². The molecule has 0 aliphatic carbocycles. The molecule has 1 aliphatic rings. The zero-order valence-corrected chi connectivity index (χ0v) is 14.1. The van der Waals surface area contributed by atoms with Crippen LogP contribution in [0.5, 0.6) is 5.75 Å². The standard InChI is InChI=1S/C18H28N2O2/c1-12(2)16-8-7-13(3)17(18(16)22)11-20-9-5-6-15(10-20)19-14(4)21/h7-8,12,15,22H,5-6,9-11H2,1-4H3,(H,19,21)/t15-/m1/s1. The second-order valence-electron chi connectivity index (χ2n) is 6.73. The molecule has 0 bridgehead atoms. The summed E-state index contributed by atoms with van der Waals surface area (Å²) < 4.78 is 0. The highest BCUT2D eigenvalue weighted by molar-refractivity contribution is 5.73. The van der Waals surface area contributed by atoms with Crippen LogP contribution in [0.4, 0.5) is 0 Å². The van der Waals surface area contributed by atoms with E-state index in [-0.39, 0.29) is 11.9 Å². The van der Waals surface area contributed by atoms with Crippen molar-refractivity contribution in [2.45, 2.75) is 59.0 Å². The lowest BCUT2D eigenvalue weighted by molar-refractivity contribution is -0.120. The van der Waals surface area contributed by atoms with Crippen LogP contribution in [-0.4, -0.2) is 35.0 Å². The lowest BCUT2D eigenvalue weighted by Gasteiger charge is -2.33. The maximum absolute atomic E-state index is 11.2. The molecule has 1 heterocycles. The lowest BCUT2D eigenvalue weighted by Crippen LogP contribution is -2.46. The van der Waals surface area contributed by atoms with Crippen molar-refractivity contribution in [2.24, 2.45) is 0 Å². The Balaban J connectivity index is 2.13. The van der Waals surface area contributed by atoms with Crippen LogP contribution in [0.25, 0.3) is 0 Å². The Morgan fingerprint density at radius 2 is 2.18 bits per heavy atom. The fourth-order valence-electron chi connectivity index (χ4n) is 3.25. The molecule has 0 unspecified atom stereocenters. The second kappa shape index (κ2) is 7.14. The van der Waals surface area contributed by atoms with Gasteiger partial charge in [0, 0.05) is 31.6 Å². The number of aryl methyl sites for hydroxylation is 1. The summed E-state index contributed by atoms with van der Waals surface area (Å²) in [6.07, 6.45) is 2.11. The summed E-state index contributed by atoms with van der Waals surface area (Å²) in [5, 5.41) is 13.6. The Bertz CT molecular complexity index is 540. The van der Waals surface area contributed by atoms with E-state index in [9.17, 15) is 9.90 Å². The van der Waals surface area contributed by atoms with E-state index in [0.717, 1.165) is 49.2 Å². The number of benzene rings is 1. The minimum Gasteiger partial charge on any atom is -0.507 e. The van der Waals surface area contributed by atoms with Crippen molar-refractivity contribution in [1.82, 2.24) is 10.2 Å². The second-order valence-corrected chi connectivity index (χ2v) is 6.73. The van der Waals surface area contributed by atoms with E-state index in [4.69, 9.17) is 0 Å². The van der Waals surface area contributed by atoms with Crippen LogP contribution >= 0.6 is 0 Å². The third-order valence-electron chi connectivity index (χ3n) is 4.46. The first kappa shape index (κ1) is 16.8. The lowest BCUT2D eigenvalue weighted by atomic mass is 9.95. The number of hydrogen-bond donors (Lipinski definition) is 2. The number of phenolic OH excluding ortho intramolecular Hbond substituents is 1. The molecule has 1 aliphatic heterocycles. The summed E-state index contributed by atoms with van der Waals surface area (Å²) in [7, 11) is 0. The van der Waals surface area contributed by atoms with Crippen molar-refractivity contribution in [1.29, 1.82) is 0 Å². The highest BCUT2D eigenvalue weighted by Gasteiger charge is 2.22. The quantitative estimate of drug-likeness (QED) is 0.899. The molecule has 0 saturated carbocycles. The largest absolute Gasteiger partial charge is 0.507 e. The number of likely N-dealkylation sites (tertiary alicyclic amines) is 1. The number of hydrogen-bond acceptors (Lipinski definition) is 3. The number of nitrogens with one attached hydrogen (secondary N) is 1. The summed E-state index contributed by atoms with van der Waals surface area (Å²) in [4.78, 5) is 13.6. The molecule has 0 aromatic heterocycles. The van der Waals surface area contributed by atoms with Crippen molar-refractivity contribution < 1.29 is 9.90 Å². The zero-order chi connectivity index (χ0) is 16.3. The van der Waals surface area contributed by atoms with Gasteiger partial charge in [0.1, 0.15) is 5.75 Å². The fraction of sp³-hybridized carbons (Fsp3) is 0.611. The van der Waals surface area contributed by atoms with Gasteiger partial charge in [-0.3, -0.25) is 9.69 Å². The van der Waals surface area contributed by atoms with Gasteiger partial charge in [-0.1, -0.05) is 26.0 Å². The van der Waals surface area contributed by atoms with E-state index >= 15 is 0 Å². The van der Waals surface area contributed by atoms with Gasteiger partial charge in [-0.05, 0) is 43.4 Å². The van der Waals surface area contributed by atoms with Crippen molar-refractivity contribution in [3.05, 3.63) is 28.8 Å². The van der Waals surface area contributed by atoms with Crippen LogP contribution in [0.1, 0.15) is 56.2 Å². The Hall–Kier alpha value is -1.55. The first-order valence-corrected chi connectivity index (χ1v) is 8.19. The van der Waals surface area contributed by atoms with E-state index in [1.165, 1.54) is 0 Å². The van der Waals surface area contributed by atoms with Crippen LogP contribution < -0.4 is 5.32 Å². The molecular weight excluding hydrogens is 276 g/mol. The van der Waals surface area contributed by atoms with Gasteiger partial charge in [-0.25, -0.2) is 0 Å². The average Bonchev–Trinajstić information content (AvgIpc) is 2.42. The molecule has 4 nitrogen and oxygen atoms in total. The molecule has 1 saturated heterocycles. The number of carbonyl (C=O) groups excluding carboxylic acids is 1. The van der Waals surface area contributed by atoms with Gasteiger partial charge in [-0.2, -0.15) is 0 Å². The predicted octanol–water partition coefficient (Wildman–Crippen LogP) is 2.92. The topological polar surface area (TPSA) is 52.6 Å². The number of nitrogens with zero attached hydrogens (tertiary/aromatic N) is 1. The predicted molar refractivity (Wildman–Crippen MR) is 89.0 cm³/mol. The first-order valence-electron chi connectivity index (χ1n) is 8.19. The fourth-order valence-corrected chi connectivity index (χ4v) is 3.25.